The van der Waals surface area contributed by atoms with Crippen molar-refractivity contribution in [2.45, 2.75) is 32.2 Å². The Labute approximate surface area is 187 Å². The quantitative estimate of drug-likeness (QED) is 0.477. The number of anilines is 1. The maximum Gasteiger partial charge on any atom is 0.143 e. The number of rotatable bonds is 6. The van der Waals surface area contributed by atoms with Gasteiger partial charge in [-0.1, -0.05) is 30.0 Å². The number of nitrogens with two attached hydrogens (primary N) is 1. The van der Waals surface area contributed by atoms with Gasteiger partial charge in [-0.25, -0.2) is 9.97 Å². The molecule has 160 valence electrons. The molecule has 0 radical (unpaired) electrons. The largest absolute Gasteiger partial charge is 0.383 e. The van der Waals surface area contributed by atoms with E-state index in [-0.39, 0.29) is 0 Å². The van der Waals surface area contributed by atoms with Gasteiger partial charge in [0.25, 0.3) is 0 Å². The monoisotopic (exact) mass is 444 g/mol. The van der Waals surface area contributed by atoms with E-state index >= 15 is 0 Å². The zero-order chi connectivity index (χ0) is 20.9. The number of likely N-dealkylation sites (tertiary alicyclic amines) is 1. The van der Waals surface area contributed by atoms with Crippen molar-refractivity contribution >= 4 is 40.4 Å². The fourth-order valence-corrected chi connectivity index (χ4v) is 4.45. The van der Waals surface area contributed by atoms with Crippen molar-refractivity contribution < 1.29 is 0 Å². The minimum atomic E-state index is 0.458. The molecule has 2 aromatic heterocycles. The summed E-state index contributed by atoms with van der Waals surface area (Å²) in [7, 11) is 0. The second-order valence-corrected chi connectivity index (χ2v) is 9.14. The van der Waals surface area contributed by atoms with Crippen LogP contribution in [0.15, 0.2) is 30.7 Å². The number of halogens is 1. The molecule has 1 aromatic carbocycles. The van der Waals surface area contributed by atoms with Gasteiger partial charge in [0.15, 0.2) is 0 Å². The molecule has 1 aliphatic heterocycles. The molecule has 8 heteroatoms. The van der Waals surface area contributed by atoms with Crippen LogP contribution in [0, 0.1) is 5.92 Å². The molecule has 30 heavy (non-hydrogen) atoms. The minimum absolute atomic E-state index is 0.458. The van der Waals surface area contributed by atoms with Crippen molar-refractivity contribution in [2.75, 3.05) is 31.6 Å². The summed E-state index contributed by atoms with van der Waals surface area (Å²) in [6.07, 6.45) is 11.3. The first-order valence-electron chi connectivity index (χ1n) is 10.5. The Morgan fingerprint density at radius 3 is 2.73 bits per heavy atom. The zero-order valence-corrected chi connectivity index (χ0v) is 18.9. The van der Waals surface area contributed by atoms with E-state index in [0.717, 1.165) is 40.2 Å². The molecular formula is C22H29ClN6S. The molecule has 3 aromatic rings. The van der Waals surface area contributed by atoms with E-state index < -0.39 is 0 Å². The number of nitrogens with zero attached hydrogens (tertiary/aromatic N) is 3. The highest BCUT2D eigenvalue weighted by atomic mass is 35.5. The van der Waals surface area contributed by atoms with Gasteiger partial charge in [0.2, 0.25) is 0 Å². The summed E-state index contributed by atoms with van der Waals surface area (Å²) in [6, 6.07) is 5.95. The van der Waals surface area contributed by atoms with Crippen molar-refractivity contribution in [2.24, 2.45) is 5.92 Å². The van der Waals surface area contributed by atoms with Gasteiger partial charge in [-0.05, 0) is 73.9 Å². The first-order valence-corrected chi connectivity index (χ1v) is 12.1. The number of hydrogen-bond acceptors (Lipinski definition) is 6. The first kappa shape index (κ1) is 21.4. The van der Waals surface area contributed by atoms with E-state index in [1.54, 1.807) is 11.9 Å². The van der Waals surface area contributed by atoms with E-state index in [2.05, 4.69) is 30.6 Å². The van der Waals surface area contributed by atoms with Crippen molar-refractivity contribution in [3.63, 3.8) is 0 Å². The van der Waals surface area contributed by atoms with Crippen LogP contribution in [-0.4, -0.2) is 45.7 Å². The summed E-state index contributed by atoms with van der Waals surface area (Å²) in [5.74, 6) is 1.55. The number of nitrogens with one attached hydrogen (secondary N) is 2. The van der Waals surface area contributed by atoms with E-state index in [9.17, 15) is 0 Å². The molecule has 1 saturated heterocycles. The maximum atomic E-state index is 6.23. The third kappa shape index (κ3) is 5.09. The van der Waals surface area contributed by atoms with E-state index in [0.29, 0.717) is 10.8 Å². The third-order valence-corrected chi connectivity index (χ3v) is 6.53. The molecule has 2 aliphatic rings. The summed E-state index contributed by atoms with van der Waals surface area (Å²) >= 11 is 7.80. The molecule has 5 rings (SSSR count). The molecule has 0 bridgehead atoms. The number of hydrogen-bond donors (Lipinski definition) is 3. The molecule has 6 nitrogen and oxygen atoms in total. The predicted molar refractivity (Wildman–Crippen MR) is 127 cm³/mol. The van der Waals surface area contributed by atoms with Gasteiger partial charge in [0, 0.05) is 29.9 Å². The standard InChI is InChI=1S/C14H14ClN5S.C8H15N/c1-21-20-5-8-2-9(4-10(15)3-8)11-6-17-14-12(11)13(16)18-7-19-14;1-3-8(4-1)7-9-5-2-6-9/h2-4,6-7,20H,5H2,1H3,(H3,16,17,18,19);8H,1-7H2. The average Bonchev–Trinajstić information content (AvgIpc) is 3.10. The van der Waals surface area contributed by atoms with E-state index in [1.165, 1.54) is 51.6 Å². The molecule has 1 aliphatic carbocycles. The number of aromatic nitrogens is 3. The summed E-state index contributed by atoms with van der Waals surface area (Å²) in [5, 5.41) is 1.51. The Morgan fingerprint density at radius 2 is 2.07 bits per heavy atom. The minimum Gasteiger partial charge on any atom is -0.383 e. The predicted octanol–water partition coefficient (Wildman–Crippen LogP) is 4.72. The van der Waals surface area contributed by atoms with Crippen LogP contribution in [-0.2, 0) is 6.54 Å². The number of H-pyrrole nitrogens is 1. The second kappa shape index (κ2) is 10.0. The normalized spacial score (nSPS) is 16.6. The van der Waals surface area contributed by atoms with Gasteiger partial charge in [-0.2, -0.15) is 0 Å². The van der Waals surface area contributed by atoms with Crippen LogP contribution < -0.4 is 10.5 Å². The van der Waals surface area contributed by atoms with Crippen molar-refractivity contribution in [1.29, 1.82) is 0 Å². The molecule has 0 amide bonds. The molecule has 0 atom stereocenters. The highest BCUT2D eigenvalue weighted by Crippen LogP contribution is 2.33. The van der Waals surface area contributed by atoms with Crippen LogP contribution in [0.2, 0.25) is 5.02 Å². The van der Waals surface area contributed by atoms with Gasteiger partial charge >= 0.3 is 0 Å². The number of nitrogen functional groups attached to an aromatic ring is 1. The summed E-state index contributed by atoms with van der Waals surface area (Å²) in [4.78, 5) is 13.9. The number of fused-ring (bicyclic) bond motifs is 1. The van der Waals surface area contributed by atoms with Crippen LogP contribution >= 0.6 is 23.5 Å². The molecule has 0 unspecified atom stereocenters. The van der Waals surface area contributed by atoms with Crippen molar-refractivity contribution in [3.05, 3.63) is 41.3 Å². The second-order valence-electron chi connectivity index (χ2n) is 8.01. The summed E-state index contributed by atoms with van der Waals surface area (Å²) in [6.45, 7) is 4.93. The molecule has 2 fully saturated rings. The van der Waals surface area contributed by atoms with Crippen LogP contribution in [0.5, 0.6) is 0 Å². The summed E-state index contributed by atoms with van der Waals surface area (Å²) in [5.41, 5.74) is 9.76. The van der Waals surface area contributed by atoms with Gasteiger partial charge in [-0.15, -0.1) is 0 Å². The Bertz CT molecular complexity index is 971. The smallest absolute Gasteiger partial charge is 0.143 e. The molecule has 3 heterocycles. The van der Waals surface area contributed by atoms with Gasteiger partial charge < -0.3 is 15.6 Å². The highest BCUT2D eigenvalue weighted by Gasteiger charge is 2.23. The van der Waals surface area contributed by atoms with Gasteiger partial charge in [0.05, 0.1) is 5.39 Å². The highest BCUT2D eigenvalue weighted by molar-refractivity contribution is 7.96. The van der Waals surface area contributed by atoms with Crippen LogP contribution in [0.25, 0.3) is 22.2 Å². The summed E-state index contributed by atoms with van der Waals surface area (Å²) < 4.78 is 3.21. The number of benzene rings is 1. The van der Waals surface area contributed by atoms with Gasteiger partial charge in [0.1, 0.15) is 17.8 Å². The fraction of sp³-hybridized carbons (Fsp3) is 0.455. The molecule has 1 saturated carbocycles. The Morgan fingerprint density at radius 1 is 1.23 bits per heavy atom. The lowest BCUT2D eigenvalue weighted by molar-refractivity contribution is 0.121. The zero-order valence-electron chi connectivity index (χ0n) is 17.3. The third-order valence-electron chi connectivity index (χ3n) is 5.88. The van der Waals surface area contributed by atoms with Crippen LogP contribution in [0.4, 0.5) is 5.82 Å². The SMILES string of the molecule is C1CC(CN2CCC2)C1.CSNCc1cc(Cl)cc(-c2c[nH]c3ncnc(N)c23)c1. The van der Waals surface area contributed by atoms with Crippen LogP contribution in [0.1, 0.15) is 31.2 Å². The van der Waals surface area contributed by atoms with Crippen molar-refractivity contribution in [1.82, 2.24) is 24.6 Å². The lowest BCUT2D eigenvalue weighted by Gasteiger charge is -2.37. The lowest BCUT2D eigenvalue weighted by atomic mass is 9.84. The number of aromatic amines is 1. The maximum absolute atomic E-state index is 6.23. The Balaban J connectivity index is 0.000000200. The topological polar surface area (TPSA) is 82.9 Å². The molecular weight excluding hydrogens is 416 g/mol. The van der Waals surface area contributed by atoms with E-state index in [4.69, 9.17) is 17.3 Å². The molecule has 4 N–H and O–H groups in total. The Hall–Kier alpha value is -1.80. The van der Waals surface area contributed by atoms with Crippen molar-refractivity contribution in [3.8, 4) is 11.1 Å². The van der Waals surface area contributed by atoms with Crippen LogP contribution in [0.3, 0.4) is 0 Å². The Kier molecular flexibility index (Phi) is 7.15. The van der Waals surface area contributed by atoms with Gasteiger partial charge in [-0.3, -0.25) is 4.72 Å². The molecule has 0 spiro atoms. The average molecular weight is 445 g/mol. The first-order chi connectivity index (χ1) is 14.6. The van der Waals surface area contributed by atoms with E-state index in [1.807, 2.05) is 24.6 Å². The lowest BCUT2D eigenvalue weighted by Crippen LogP contribution is -2.41. The fourth-order valence-electron chi connectivity index (χ4n) is 3.88.